The summed E-state index contributed by atoms with van der Waals surface area (Å²) in [4.78, 5) is 32.3. The lowest BCUT2D eigenvalue weighted by atomic mass is 10.2. The molecule has 0 saturated heterocycles. The molecule has 0 bridgehead atoms. The highest BCUT2D eigenvalue weighted by atomic mass is 16.6. The maximum Gasteiger partial charge on any atom is 0.320 e. The normalized spacial score (nSPS) is 11.9. The van der Waals surface area contributed by atoms with Crippen LogP contribution in [0, 0.1) is 0 Å². The van der Waals surface area contributed by atoms with Gasteiger partial charge in [0.1, 0.15) is 6.04 Å². The maximum absolute atomic E-state index is 11.0. The van der Waals surface area contributed by atoms with Gasteiger partial charge in [-0.1, -0.05) is 0 Å². The summed E-state index contributed by atoms with van der Waals surface area (Å²) >= 11 is 0. The van der Waals surface area contributed by atoms with Gasteiger partial charge in [-0.2, -0.15) is 0 Å². The second-order valence-electron chi connectivity index (χ2n) is 3.22. The molecule has 0 fully saturated rings. The summed E-state index contributed by atoms with van der Waals surface area (Å²) in [6, 6.07) is -1.12. The zero-order chi connectivity index (χ0) is 12.6. The Morgan fingerprint density at radius 2 is 1.75 bits per heavy atom. The van der Waals surface area contributed by atoms with Crippen molar-refractivity contribution in [2.45, 2.75) is 31.7 Å². The number of esters is 2. The predicted molar refractivity (Wildman–Crippen MR) is 54.2 cm³/mol. The van der Waals surface area contributed by atoms with Crippen LogP contribution in [0.25, 0.3) is 0 Å². The van der Waals surface area contributed by atoms with Crippen molar-refractivity contribution in [1.82, 2.24) is 0 Å². The summed E-state index contributed by atoms with van der Waals surface area (Å²) in [5.74, 6) is -2.61. The first-order valence-corrected chi connectivity index (χ1v) is 4.89. The van der Waals surface area contributed by atoms with Crippen LogP contribution >= 0.6 is 0 Å². The number of aliphatic carboxylic acids is 1. The second kappa shape index (κ2) is 7.77. The minimum Gasteiger partial charge on any atom is -0.480 e. The number of nitrogens with two attached hydrogens (primary N) is 2. The molecule has 7 heteroatoms. The van der Waals surface area contributed by atoms with Gasteiger partial charge in [-0.05, 0) is 19.4 Å². The molecular formula is C9H16N2O5. The molecule has 0 heterocycles. The number of carboxylic acids is 1. The highest BCUT2D eigenvalue weighted by Crippen LogP contribution is 1.99. The molecule has 0 amide bonds. The standard InChI is InChI=1S/C9H16N2O5/c10-5-1-2-7(12)16-8(13)4-3-6(11)9(14)15/h6H,1-5,10-11H2,(H,14,15)/t6-/m1/s1. The Kier molecular flexibility index (Phi) is 7.06. The highest BCUT2D eigenvalue weighted by Gasteiger charge is 2.15. The molecule has 7 nitrogen and oxygen atoms in total. The minimum absolute atomic E-state index is 0.0572. The Morgan fingerprint density at radius 1 is 1.19 bits per heavy atom. The van der Waals surface area contributed by atoms with Crippen LogP contribution < -0.4 is 11.5 Å². The molecule has 0 aliphatic carbocycles. The van der Waals surface area contributed by atoms with Gasteiger partial charge in [-0.25, -0.2) is 0 Å². The third kappa shape index (κ3) is 6.91. The third-order valence-electron chi connectivity index (χ3n) is 1.79. The third-order valence-corrected chi connectivity index (χ3v) is 1.79. The van der Waals surface area contributed by atoms with E-state index in [1.807, 2.05) is 0 Å². The quantitative estimate of drug-likeness (QED) is 0.378. The lowest BCUT2D eigenvalue weighted by molar-refractivity contribution is -0.159. The van der Waals surface area contributed by atoms with E-state index in [1.54, 1.807) is 0 Å². The van der Waals surface area contributed by atoms with Crippen LogP contribution in [0.1, 0.15) is 25.7 Å². The summed E-state index contributed by atoms with van der Waals surface area (Å²) in [6.45, 7) is 0.340. The van der Waals surface area contributed by atoms with Crippen LogP contribution in [-0.4, -0.2) is 35.6 Å². The SMILES string of the molecule is NCCCC(=O)OC(=O)CC[C@@H](N)C(=O)O. The number of carbonyl (C=O) groups is 3. The molecule has 92 valence electrons. The molecule has 16 heavy (non-hydrogen) atoms. The van der Waals surface area contributed by atoms with Gasteiger partial charge in [-0.3, -0.25) is 14.4 Å². The first-order valence-electron chi connectivity index (χ1n) is 4.89. The van der Waals surface area contributed by atoms with Crippen LogP contribution in [0.2, 0.25) is 0 Å². The van der Waals surface area contributed by atoms with E-state index < -0.39 is 23.9 Å². The summed E-state index contributed by atoms with van der Waals surface area (Å²) < 4.78 is 4.40. The number of carbonyl (C=O) groups excluding carboxylic acids is 2. The molecule has 0 aliphatic rings. The number of carboxylic acid groups (broad SMARTS) is 1. The summed E-state index contributed by atoms with van der Waals surface area (Å²) in [5, 5.41) is 8.43. The van der Waals surface area contributed by atoms with E-state index in [1.165, 1.54) is 0 Å². The number of ether oxygens (including phenoxy) is 1. The lowest BCUT2D eigenvalue weighted by Crippen LogP contribution is -2.31. The maximum atomic E-state index is 11.0. The zero-order valence-electron chi connectivity index (χ0n) is 8.85. The van der Waals surface area contributed by atoms with Crippen LogP contribution in [0.15, 0.2) is 0 Å². The van der Waals surface area contributed by atoms with Crippen molar-refractivity contribution >= 4 is 17.9 Å². The minimum atomic E-state index is -1.19. The second-order valence-corrected chi connectivity index (χ2v) is 3.22. The average molecular weight is 232 g/mol. The first kappa shape index (κ1) is 14.5. The molecule has 0 rings (SSSR count). The van der Waals surface area contributed by atoms with Gasteiger partial charge >= 0.3 is 17.9 Å². The topological polar surface area (TPSA) is 133 Å². The molecule has 0 aromatic carbocycles. The Labute approximate surface area is 92.7 Å². The van der Waals surface area contributed by atoms with Crippen molar-refractivity contribution in [2.75, 3.05) is 6.54 Å². The summed E-state index contributed by atoms with van der Waals surface area (Å²) in [7, 11) is 0. The number of hydrogen-bond donors (Lipinski definition) is 3. The van der Waals surface area contributed by atoms with E-state index >= 15 is 0 Å². The summed E-state index contributed by atoms with van der Waals surface area (Å²) in [6.07, 6.45) is 0.272. The fourth-order valence-electron chi connectivity index (χ4n) is 0.872. The molecule has 0 radical (unpaired) electrons. The van der Waals surface area contributed by atoms with Crippen LogP contribution in [0.4, 0.5) is 0 Å². The van der Waals surface area contributed by atoms with Gasteiger partial charge in [-0.15, -0.1) is 0 Å². The monoisotopic (exact) mass is 232 g/mol. The van der Waals surface area contributed by atoms with E-state index in [2.05, 4.69) is 4.74 Å². The smallest absolute Gasteiger partial charge is 0.320 e. The first-order chi connectivity index (χ1) is 7.47. The largest absolute Gasteiger partial charge is 0.480 e. The van der Waals surface area contributed by atoms with E-state index in [0.717, 1.165) is 0 Å². The molecule has 5 N–H and O–H groups in total. The van der Waals surface area contributed by atoms with Gasteiger partial charge in [0.2, 0.25) is 0 Å². The molecule has 0 aromatic heterocycles. The predicted octanol–water partition coefficient (Wildman–Crippen LogP) is -1.01. The van der Waals surface area contributed by atoms with E-state index in [-0.39, 0.29) is 19.3 Å². The highest BCUT2D eigenvalue weighted by molar-refractivity contribution is 5.85. The van der Waals surface area contributed by atoms with Crippen molar-refractivity contribution < 1.29 is 24.2 Å². The van der Waals surface area contributed by atoms with Crippen LogP contribution in [0.5, 0.6) is 0 Å². The fourth-order valence-corrected chi connectivity index (χ4v) is 0.872. The van der Waals surface area contributed by atoms with Crippen molar-refractivity contribution in [3.63, 3.8) is 0 Å². The van der Waals surface area contributed by atoms with Gasteiger partial charge in [0, 0.05) is 12.8 Å². The Balaban J connectivity index is 3.74. The van der Waals surface area contributed by atoms with Gasteiger partial charge < -0.3 is 21.3 Å². The molecule has 1 atom stereocenters. The Hall–Kier alpha value is -1.47. The van der Waals surface area contributed by atoms with Gasteiger partial charge in [0.15, 0.2) is 0 Å². The van der Waals surface area contributed by atoms with E-state index in [4.69, 9.17) is 16.6 Å². The molecule has 0 aromatic rings. The van der Waals surface area contributed by atoms with Crippen molar-refractivity contribution in [1.29, 1.82) is 0 Å². The van der Waals surface area contributed by atoms with Gasteiger partial charge in [0.25, 0.3) is 0 Å². The lowest BCUT2D eigenvalue weighted by Gasteiger charge is -2.05. The van der Waals surface area contributed by atoms with Crippen molar-refractivity contribution in [3.05, 3.63) is 0 Å². The van der Waals surface area contributed by atoms with E-state index in [9.17, 15) is 14.4 Å². The summed E-state index contributed by atoms with van der Waals surface area (Å²) in [5.41, 5.74) is 10.3. The Morgan fingerprint density at radius 3 is 2.25 bits per heavy atom. The molecule has 0 aliphatic heterocycles. The fraction of sp³-hybridized carbons (Fsp3) is 0.667. The zero-order valence-corrected chi connectivity index (χ0v) is 8.85. The Bertz CT molecular complexity index is 267. The van der Waals surface area contributed by atoms with Crippen LogP contribution in [-0.2, 0) is 19.1 Å². The van der Waals surface area contributed by atoms with E-state index in [0.29, 0.717) is 13.0 Å². The molecule has 0 unspecified atom stereocenters. The average Bonchev–Trinajstić information content (AvgIpc) is 2.22. The molecule has 0 saturated carbocycles. The van der Waals surface area contributed by atoms with Crippen molar-refractivity contribution in [2.24, 2.45) is 11.5 Å². The molecule has 0 spiro atoms. The van der Waals surface area contributed by atoms with Crippen molar-refractivity contribution in [3.8, 4) is 0 Å². The molecular weight excluding hydrogens is 216 g/mol. The number of hydrogen-bond acceptors (Lipinski definition) is 6. The van der Waals surface area contributed by atoms with Crippen LogP contribution in [0.3, 0.4) is 0 Å². The number of rotatable bonds is 7. The van der Waals surface area contributed by atoms with Gasteiger partial charge in [0.05, 0.1) is 0 Å².